The number of benzene rings is 1. The van der Waals surface area contributed by atoms with E-state index in [0.29, 0.717) is 44.7 Å². The van der Waals surface area contributed by atoms with Crippen molar-refractivity contribution in [3.05, 3.63) is 51.5 Å². The molecule has 0 aliphatic carbocycles. The van der Waals surface area contributed by atoms with Crippen molar-refractivity contribution in [1.29, 1.82) is 0 Å². The first-order chi connectivity index (χ1) is 11.7. The second-order valence-electron chi connectivity index (χ2n) is 5.71. The van der Waals surface area contributed by atoms with Gasteiger partial charge in [-0.3, -0.25) is 9.59 Å². The summed E-state index contributed by atoms with van der Waals surface area (Å²) >= 11 is 1.38. The summed E-state index contributed by atoms with van der Waals surface area (Å²) in [6, 6.07) is 8.12. The van der Waals surface area contributed by atoms with Crippen LogP contribution in [-0.4, -0.2) is 28.2 Å². The fraction of sp³-hybridized carbons (Fsp3) is 0.353. The number of nitrogens with two attached hydrogens (primary N) is 1. The van der Waals surface area contributed by atoms with E-state index in [-0.39, 0.29) is 24.2 Å². The van der Waals surface area contributed by atoms with Crippen LogP contribution in [0, 0.1) is 0 Å². The smallest absolute Gasteiger partial charge is 0.270 e. The second kappa shape index (κ2) is 8.94. The van der Waals surface area contributed by atoms with Crippen molar-refractivity contribution in [1.82, 2.24) is 15.2 Å². The first-order valence-corrected chi connectivity index (χ1v) is 8.82. The van der Waals surface area contributed by atoms with Crippen LogP contribution < -0.4 is 11.1 Å². The highest BCUT2D eigenvalue weighted by atomic mass is 35.5. The Kier molecular flexibility index (Phi) is 6.92. The molecular weight excluding hydrogens is 360 g/mol. The minimum absolute atomic E-state index is 0. The number of aromatic nitrogens is 1. The molecule has 0 saturated carbocycles. The molecule has 134 valence electrons. The van der Waals surface area contributed by atoms with Crippen LogP contribution in [0.25, 0.3) is 0 Å². The number of nitrogens with zero attached hydrogens (tertiary/aromatic N) is 2. The molecule has 1 aliphatic rings. The highest BCUT2D eigenvalue weighted by molar-refractivity contribution is 7.09. The highest BCUT2D eigenvalue weighted by Crippen LogP contribution is 2.22. The number of halogens is 1. The lowest BCUT2D eigenvalue weighted by molar-refractivity contribution is -0.131. The number of hydrogen-bond donors (Lipinski definition) is 2. The van der Waals surface area contributed by atoms with Crippen LogP contribution in [0.1, 0.15) is 39.5 Å². The molecule has 1 aromatic carbocycles. The molecule has 1 aliphatic heterocycles. The van der Waals surface area contributed by atoms with Gasteiger partial charge < -0.3 is 16.0 Å². The molecule has 0 saturated heterocycles. The highest BCUT2D eigenvalue weighted by Gasteiger charge is 2.22. The zero-order valence-electron chi connectivity index (χ0n) is 13.7. The first-order valence-electron chi connectivity index (χ1n) is 7.94. The summed E-state index contributed by atoms with van der Waals surface area (Å²) in [7, 11) is 0. The molecule has 3 N–H and O–H groups in total. The minimum atomic E-state index is -0.216. The third kappa shape index (κ3) is 4.78. The molecule has 25 heavy (non-hydrogen) atoms. The van der Waals surface area contributed by atoms with E-state index in [1.54, 1.807) is 5.38 Å². The van der Waals surface area contributed by atoms with Gasteiger partial charge in [0.15, 0.2) is 0 Å². The lowest BCUT2D eigenvalue weighted by Gasteiger charge is -2.15. The van der Waals surface area contributed by atoms with E-state index >= 15 is 0 Å². The van der Waals surface area contributed by atoms with Crippen LogP contribution in [0.4, 0.5) is 0 Å². The predicted molar refractivity (Wildman–Crippen MR) is 99.5 cm³/mol. The summed E-state index contributed by atoms with van der Waals surface area (Å²) < 4.78 is 0. The Morgan fingerprint density at radius 2 is 1.92 bits per heavy atom. The predicted octanol–water partition coefficient (Wildman–Crippen LogP) is 2.08. The molecular formula is C17H21ClN4O2S. The van der Waals surface area contributed by atoms with Crippen LogP contribution in [0.15, 0.2) is 29.6 Å². The lowest BCUT2D eigenvalue weighted by atomic mass is 10.1. The van der Waals surface area contributed by atoms with Crippen molar-refractivity contribution < 1.29 is 9.59 Å². The van der Waals surface area contributed by atoms with E-state index in [1.165, 1.54) is 22.5 Å². The molecule has 6 nitrogen and oxygen atoms in total. The largest absolute Gasteiger partial charge is 0.351 e. The van der Waals surface area contributed by atoms with Gasteiger partial charge in [-0.2, -0.15) is 0 Å². The quantitative estimate of drug-likeness (QED) is 0.751. The van der Waals surface area contributed by atoms with Crippen LogP contribution in [0.2, 0.25) is 0 Å². The standard InChI is InChI=1S/C17H20N4O2S.ClH/c18-8-15-20-14(11-24-15)17(23)19-7-3-6-16(22)21-9-12-4-1-2-5-13(12)10-21;/h1-2,4-5,11H,3,6-10,18H2,(H,19,23);1H. The molecule has 0 atom stereocenters. The summed E-state index contributed by atoms with van der Waals surface area (Å²) in [5, 5.41) is 5.23. The summed E-state index contributed by atoms with van der Waals surface area (Å²) in [5.74, 6) is -0.0912. The van der Waals surface area contributed by atoms with Crippen LogP contribution in [0.5, 0.6) is 0 Å². The summed E-state index contributed by atoms with van der Waals surface area (Å²) in [4.78, 5) is 30.2. The number of nitrogens with one attached hydrogen (secondary N) is 1. The molecule has 3 rings (SSSR count). The fourth-order valence-corrected chi connectivity index (χ4v) is 3.36. The number of rotatable bonds is 6. The maximum Gasteiger partial charge on any atom is 0.270 e. The molecule has 2 aromatic rings. The Morgan fingerprint density at radius 3 is 2.52 bits per heavy atom. The van der Waals surface area contributed by atoms with Crippen molar-refractivity contribution in [3.8, 4) is 0 Å². The van der Waals surface area contributed by atoms with Crippen molar-refractivity contribution >= 4 is 35.6 Å². The Hall–Kier alpha value is -1.96. The monoisotopic (exact) mass is 380 g/mol. The molecule has 0 bridgehead atoms. The maximum absolute atomic E-state index is 12.3. The molecule has 1 aromatic heterocycles. The Balaban J connectivity index is 0.00000225. The second-order valence-corrected chi connectivity index (χ2v) is 6.65. The zero-order valence-corrected chi connectivity index (χ0v) is 15.4. The van der Waals surface area contributed by atoms with Gasteiger partial charge in [0, 0.05) is 38.0 Å². The van der Waals surface area contributed by atoms with E-state index in [1.807, 2.05) is 17.0 Å². The number of carbonyl (C=O) groups excluding carboxylic acids is 2. The van der Waals surface area contributed by atoms with Gasteiger partial charge >= 0.3 is 0 Å². The van der Waals surface area contributed by atoms with Gasteiger partial charge in [0.2, 0.25) is 5.91 Å². The van der Waals surface area contributed by atoms with Gasteiger partial charge in [0.05, 0.1) is 0 Å². The molecule has 0 spiro atoms. The molecule has 2 amide bonds. The van der Waals surface area contributed by atoms with E-state index in [0.717, 1.165) is 5.01 Å². The SMILES string of the molecule is Cl.NCc1nc(C(=O)NCCCC(=O)N2Cc3ccccc3C2)cs1. The van der Waals surface area contributed by atoms with E-state index < -0.39 is 0 Å². The van der Waals surface area contributed by atoms with Gasteiger partial charge in [0.25, 0.3) is 5.91 Å². The number of thiazole rings is 1. The normalized spacial score (nSPS) is 12.4. The van der Waals surface area contributed by atoms with Crippen LogP contribution in [-0.2, 0) is 24.4 Å². The topological polar surface area (TPSA) is 88.3 Å². The van der Waals surface area contributed by atoms with Gasteiger partial charge in [0.1, 0.15) is 10.7 Å². The Labute approximate surface area is 156 Å². The first kappa shape index (κ1) is 19.4. The summed E-state index contributed by atoms with van der Waals surface area (Å²) in [5.41, 5.74) is 8.32. The van der Waals surface area contributed by atoms with Crippen molar-refractivity contribution in [2.75, 3.05) is 6.54 Å². The number of amides is 2. The average molecular weight is 381 g/mol. The van der Waals surface area contributed by atoms with Gasteiger partial charge in [-0.1, -0.05) is 24.3 Å². The molecule has 8 heteroatoms. The van der Waals surface area contributed by atoms with Gasteiger partial charge in [-0.15, -0.1) is 23.7 Å². The van der Waals surface area contributed by atoms with Crippen molar-refractivity contribution in [2.45, 2.75) is 32.5 Å². The van der Waals surface area contributed by atoms with Crippen LogP contribution >= 0.6 is 23.7 Å². The van der Waals surface area contributed by atoms with E-state index in [2.05, 4.69) is 22.4 Å². The van der Waals surface area contributed by atoms with Crippen LogP contribution in [0.3, 0.4) is 0 Å². The number of carbonyl (C=O) groups is 2. The summed E-state index contributed by atoms with van der Waals surface area (Å²) in [6.45, 7) is 2.16. The Bertz CT molecular complexity index is 725. The molecule has 0 fully saturated rings. The minimum Gasteiger partial charge on any atom is -0.351 e. The molecule has 0 unspecified atom stereocenters. The number of hydrogen-bond acceptors (Lipinski definition) is 5. The van der Waals surface area contributed by atoms with Gasteiger partial charge in [-0.25, -0.2) is 4.98 Å². The van der Waals surface area contributed by atoms with E-state index in [4.69, 9.17) is 5.73 Å². The lowest BCUT2D eigenvalue weighted by Crippen LogP contribution is -2.28. The zero-order chi connectivity index (χ0) is 16.9. The third-order valence-corrected chi connectivity index (χ3v) is 4.88. The summed E-state index contributed by atoms with van der Waals surface area (Å²) in [6.07, 6.45) is 1.05. The third-order valence-electron chi connectivity index (χ3n) is 4.01. The average Bonchev–Trinajstić information content (AvgIpc) is 3.24. The maximum atomic E-state index is 12.3. The molecule has 2 heterocycles. The number of fused-ring (bicyclic) bond motifs is 1. The van der Waals surface area contributed by atoms with Gasteiger partial charge in [-0.05, 0) is 17.5 Å². The van der Waals surface area contributed by atoms with E-state index in [9.17, 15) is 9.59 Å². The molecule has 0 radical (unpaired) electrons. The van der Waals surface area contributed by atoms with Crippen molar-refractivity contribution in [2.24, 2.45) is 5.73 Å². The van der Waals surface area contributed by atoms with Crippen molar-refractivity contribution in [3.63, 3.8) is 0 Å². The Morgan fingerprint density at radius 1 is 1.24 bits per heavy atom. The fourth-order valence-electron chi connectivity index (χ4n) is 2.71.